The molecule has 196 valence electrons. The second kappa shape index (κ2) is 15.5. The Bertz CT molecular complexity index is 742. The van der Waals surface area contributed by atoms with Gasteiger partial charge in [-0.05, 0) is 87.7 Å². The Morgan fingerprint density at radius 1 is 1.06 bits per heavy atom. The van der Waals surface area contributed by atoms with Gasteiger partial charge in [-0.2, -0.15) is 0 Å². The minimum atomic E-state index is -0.326. The van der Waals surface area contributed by atoms with Crippen LogP contribution in [0.15, 0.2) is 36.4 Å². The Hall–Kier alpha value is -1.65. The molecule has 4 nitrogen and oxygen atoms in total. The fraction of sp³-hybridized carbons (Fsp3) is 0.710. The second-order valence-electron chi connectivity index (χ2n) is 10.9. The summed E-state index contributed by atoms with van der Waals surface area (Å²) in [6, 6.07) is 9.29. The van der Waals surface area contributed by atoms with Gasteiger partial charge < -0.3 is 14.2 Å². The predicted octanol–water partition coefficient (Wildman–Crippen LogP) is 7.75. The Balaban J connectivity index is 1.45. The lowest BCUT2D eigenvalue weighted by Gasteiger charge is -2.29. The number of carbonyl (C=O) groups excluding carboxylic acids is 1. The molecule has 2 atom stereocenters. The van der Waals surface area contributed by atoms with E-state index in [-0.39, 0.29) is 18.2 Å². The van der Waals surface area contributed by atoms with E-state index in [4.69, 9.17) is 14.2 Å². The van der Waals surface area contributed by atoms with Crippen LogP contribution >= 0.6 is 0 Å². The van der Waals surface area contributed by atoms with Crippen molar-refractivity contribution in [3.63, 3.8) is 0 Å². The lowest BCUT2D eigenvalue weighted by atomic mass is 9.77. The minimum absolute atomic E-state index is 0.121. The van der Waals surface area contributed by atoms with Crippen LogP contribution in [0.5, 0.6) is 0 Å². The fourth-order valence-corrected chi connectivity index (χ4v) is 5.41. The highest BCUT2D eigenvalue weighted by molar-refractivity contribution is 5.86. The highest BCUT2D eigenvalue weighted by atomic mass is 16.7. The van der Waals surface area contributed by atoms with Gasteiger partial charge in [0.2, 0.25) is 0 Å². The van der Waals surface area contributed by atoms with Gasteiger partial charge >= 0.3 is 5.97 Å². The summed E-state index contributed by atoms with van der Waals surface area (Å²) >= 11 is 0. The smallest absolute Gasteiger partial charge is 0.333 e. The van der Waals surface area contributed by atoms with Crippen LogP contribution in [0.4, 0.5) is 0 Å². The molecule has 1 aliphatic carbocycles. The monoisotopic (exact) mass is 484 g/mol. The van der Waals surface area contributed by atoms with E-state index in [0.29, 0.717) is 18.8 Å². The zero-order valence-corrected chi connectivity index (χ0v) is 22.3. The highest BCUT2D eigenvalue weighted by Crippen LogP contribution is 2.37. The average Bonchev–Trinajstić information content (AvgIpc) is 2.89. The number of benzene rings is 1. The Morgan fingerprint density at radius 2 is 1.83 bits per heavy atom. The van der Waals surface area contributed by atoms with Crippen molar-refractivity contribution in [2.45, 2.75) is 110 Å². The zero-order chi connectivity index (χ0) is 24.9. The van der Waals surface area contributed by atoms with E-state index in [1.54, 1.807) is 6.92 Å². The second-order valence-corrected chi connectivity index (χ2v) is 10.9. The summed E-state index contributed by atoms with van der Waals surface area (Å²) in [5.74, 6) is 1.50. The number of carbonyl (C=O) groups is 1. The maximum atomic E-state index is 11.9. The van der Waals surface area contributed by atoms with Crippen molar-refractivity contribution >= 4 is 5.97 Å². The van der Waals surface area contributed by atoms with Crippen molar-refractivity contribution in [2.75, 3.05) is 19.8 Å². The summed E-state index contributed by atoms with van der Waals surface area (Å²) in [6.45, 7) is 9.34. The molecule has 2 fully saturated rings. The zero-order valence-electron chi connectivity index (χ0n) is 22.3. The first-order chi connectivity index (χ1) is 17.0. The van der Waals surface area contributed by atoms with E-state index in [1.807, 2.05) is 0 Å². The van der Waals surface area contributed by atoms with Crippen LogP contribution in [0.3, 0.4) is 0 Å². The predicted molar refractivity (Wildman–Crippen MR) is 142 cm³/mol. The molecule has 2 aliphatic rings. The van der Waals surface area contributed by atoms with Crippen LogP contribution < -0.4 is 0 Å². The molecule has 1 aliphatic heterocycles. The molecular weight excluding hydrogens is 436 g/mol. The largest absolute Gasteiger partial charge is 0.462 e. The van der Waals surface area contributed by atoms with Crippen molar-refractivity contribution in [3.8, 4) is 0 Å². The maximum absolute atomic E-state index is 11.9. The summed E-state index contributed by atoms with van der Waals surface area (Å²) in [5, 5.41) is 0. The maximum Gasteiger partial charge on any atom is 0.333 e. The van der Waals surface area contributed by atoms with Crippen LogP contribution in [0.1, 0.15) is 108 Å². The van der Waals surface area contributed by atoms with Gasteiger partial charge in [0.15, 0.2) is 6.29 Å². The molecule has 35 heavy (non-hydrogen) atoms. The third-order valence-corrected chi connectivity index (χ3v) is 7.81. The topological polar surface area (TPSA) is 44.8 Å². The van der Waals surface area contributed by atoms with E-state index in [1.165, 1.54) is 62.5 Å². The molecule has 1 heterocycles. The molecule has 1 saturated heterocycles. The number of unbranched alkanes of at least 4 members (excludes halogenated alkanes) is 2. The Kier molecular flexibility index (Phi) is 12.3. The van der Waals surface area contributed by atoms with Gasteiger partial charge in [0.05, 0.1) is 13.2 Å². The van der Waals surface area contributed by atoms with Crippen molar-refractivity contribution in [1.82, 2.24) is 0 Å². The molecular formula is C31H48O4. The molecule has 0 aromatic heterocycles. The van der Waals surface area contributed by atoms with Crippen molar-refractivity contribution in [3.05, 3.63) is 47.5 Å². The van der Waals surface area contributed by atoms with Crippen molar-refractivity contribution < 1.29 is 19.0 Å². The Morgan fingerprint density at radius 3 is 2.49 bits per heavy atom. The van der Waals surface area contributed by atoms with Gasteiger partial charge in [-0.25, -0.2) is 4.79 Å². The number of hydrogen-bond acceptors (Lipinski definition) is 4. The first-order valence-corrected chi connectivity index (χ1v) is 14.2. The first-order valence-electron chi connectivity index (χ1n) is 14.2. The van der Waals surface area contributed by atoms with Gasteiger partial charge in [-0.3, -0.25) is 0 Å². The van der Waals surface area contributed by atoms with Gasteiger partial charge in [-0.1, -0.05) is 63.5 Å². The summed E-state index contributed by atoms with van der Waals surface area (Å²) in [4.78, 5) is 11.9. The van der Waals surface area contributed by atoms with Crippen LogP contribution in [0.2, 0.25) is 0 Å². The molecule has 1 aromatic rings. The third-order valence-electron chi connectivity index (χ3n) is 7.81. The summed E-state index contributed by atoms with van der Waals surface area (Å²) < 4.78 is 17.2. The fourth-order valence-electron chi connectivity index (χ4n) is 5.41. The number of ether oxygens (including phenoxy) is 3. The molecule has 1 saturated carbocycles. The molecule has 0 bridgehead atoms. The molecule has 0 radical (unpaired) electrons. The van der Waals surface area contributed by atoms with Crippen LogP contribution in [-0.2, 0) is 25.4 Å². The van der Waals surface area contributed by atoms with Crippen molar-refractivity contribution in [2.24, 2.45) is 11.8 Å². The van der Waals surface area contributed by atoms with E-state index < -0.39 is 0 Å². The van der Waals surface area contributed by atoms with Gasteiger partial charge in [0, 0.05) is 18.1 Å². The van der Waals surface area contributed by atoms with Crippen LogP contribution in [-0.4, -0.2) is 32.1 Å². The molecule has 0 amide bonds. The number of hydrogen-bond donors (Lipinski definition) is 0. The van der Waals surface area contributed by atoms with Gasteiger partial charge in [-0.15, -0.1) is 0 Å². The lowest BCUT2D eigenvalue weighted by Crippen LogP contribution is -2.27. The molecule has 4 heteroatoms. The minimum Gasteiger partial charge on any atom is -0.462 e. The molecule has 2 unspecified atom stereocenters. The first kappa shape index (κ1) is 27.9. The molecule has 3 rings (SSSR count). The van der Waals surface area contributed by atoms with Gasteiger partial charge in [0.25, 0.3) is 0 Å². The Labute approximate surface area is 213 Å². The van der Waals surface area contributed by atoms with Crippen LogP contribution in [0.25, 0.3) is 0 Å². The number of aryl methyl sites for hydroxylation is 1. The summed E-state index contributed by atoms with van der Waals surface area (Å²) in [6.07, 6.45) is 16.0. The standard InChI is InChI=1S/C31H48O4/c1-4-5-6-9-25-13-17-28(18-14-25)29-19-15-26(16-20-29)11-12-27(23-35-31(32)24(2)3)22-34-30-10-7-8-21-33-30/h15-16,19-20,25,27-28,30H,2,4-14,17-18,21-23H2,1,3H3. The lowest BCUT2D eigenvalue weighted by molar-refractivity contribution is -0.173. The van der Waals surface area contributed by atoms with Gasteiger partial charge in [0.1, 0.15) is 0 Å². The third kappa shape index (κ3) is 10.1. The normalized spacial score (nSPS) is 23.5. The summed E-state index contributed by atoms with van der Waals surface area (Å²) in [5.41, 5.74) is 3.28. The summed E-state index contributed by atoms with van der Waals surface area (Å²) in [7, 11) is 0. The number of rotatable bonds is 14. The van der Waals surface area contributed by atoms with E-state index >= 15 is 0 Å². The van der Waals surface area contributed by atoms with E-state index in [0.717, 1.165) is 50.5 Å². The van der Waals surface area contributed by atoms with E-state index in [2.05, 4.69) is 37.8 Å². The average molecular weight is 485 g/mol. The highest BCUT2D eigenvalue weighted by Gasteiger charge is 2.22. The quantitative estimate of drug-likeness (QED) is 0.154. The van der Waals surface area contributed by atoms with Crippen molar-refractivity contribution in [1.29, 1.82) is 0 Å². The molecule has 1 aromatic carbocycles. The van der Waals surface area contributed by atoms with E-state index in [9.17, 15) is 4.79 Å². The molecule has 0 spiro atoms. The number of esters is 1. The van der Waals surface area contributed by atoms with Crippen LogP contribution in [0, 0.1) is 11.8 Å². The molecule has 0 N–H and O–H groups in total. The SMILES string of the molecule is C=C(C)C(=O)OCC(CCc1ccc(C2CCC(CCCCC)CC2)cc1)COC1CCCCO1.